The quantitative estimate of drug-likeness (QED) is 0.866. The molecule has 0 saturated heterocycles. The van der Waals surface area contributed by atoms with Gasteiger partial charge in [-0.05, 0) is 45.7 Å². The molecule has 0 aliphatic heterocycles. The molecule has 0 saturated carbocycles. The molecule has 114 valence electrons. The molecular weight excluding hydrogens is 264 g/mol. The first-order valence-electron chi connectivity index (χ1n) is 6.98. The molecule has 1 rings (SSSR count). The molecule has 21 heavy (non-hydrogen) atoms. The topological polar surface area (TPSA) is 49.4 Å². The summed E-state index contributed by atoms with van der Waals surface area (Å²) in [4.78, 5) is 25.3. The normalized spacial score (nSPS) is 10.0. The first-order valence-corrected chi connectivity index (χ1v) is 6.98. The van der Waals surface area contributed by atoms with E-state index < -0.39 is 0 Å². The van der Waals surface area contributed by atoms with Crippen LogP contribution in [0.5, 0.6) is 0 Å². The Morgan fingerprint density at radius 1 is 1.14 bits per heavy atom. The molecule has 0 aromatic heterocycles. The third kappa shape index (κ3) is 5.06. The first-order chi connectivity index (χ1) is 9.70. The van der Waals surface area contributed by atoms with E-state index in [1.54, 1.807) is 7.05 Å². The molecule has 1 N–H and O–H groups in total. The minimum atomic E-state index is -0.192. The maximum absolute atomic E-state index is 12.1. The monoisotopic (exact) mass is 288 g/mol. The van der Waals surface area contributed by atoms with E-state index in [9.17, 15) is 9.59 Å². The van der Waals surface area contributed by atoms with E-state index in [-0.39, 0.29) is 18.4 Å². The number of rotatable bonds is 4. The fraction of sp³-hybridized carbons (Fsp3) is 0.412. The lowest BCUT2D eigenvalue weighted by atomic mass is 10.1. The minimum absolute atomic E-state index is 0.0371. The van der Waals surface area contributed by atoms with Crippen LogP contribution >= 0.6 is 0 Å². The van der Waals surface area contributed by atoms with Gasteiger partial charge in [0.25, 0.3) is 0 Å². The van der Waals surface area contributed by atoms with Gasteiger partial charge >= 0.3 is 0 Å². The number of aryl methyl sites for hydroxylation is 3. The molecule has 0 aliphatic rings. The third-order valence-corrected chi connectivity index (χ3v) is 3.11. The molecule has 0 fully saturated rings. The summed E-state index contributed by atoms with van der Waals surface area (Å²) in [5, 5.41) is 2.89. The fourth-order valence-corrected chi connectivity index (χ4v) is 2.21. The third-order valence-electron chi connectivity index (χ3n) is 3.11. The predicted molar refractivity (Wildman–Crippen MR) is 86.4 cm³/mol. The zero-order chi connectivity index (χ0) is 16.2. The van der Waals surface area contributed by atoms with Gasteiger partial charge in [0.2, 0.25) is 11.8 Å². The molecule has 0 radical (unpaired) electrons. The lowest BCUT2D eigenvalue weighted by Crippen LogP contribution is -2.34. The Morgan fingerprint density at radius 3 is 2.14 bits per heavy atom. The van der Waals surface area contributed by atoms with Crippen molar-refractivity contribution in [3.63, 3.8) is 0 Å². The zero-order valence-corrected chi connectivity index (χ0v) is 13.7. The Kier molecular flexibility index (Phi) is 5.70. The number of amides is 2. The highest BCUT2D eigenvalue weighted by molar-refractivity contribution is 5.97. The van der Waals surface area contributed by atoms with E-state index in [0.29, 0.717) is 0 Å². The van der Waals surface area contributed by atoms with Crippen molar-refractivity contribution in [2.75, 3.05) is 18.9 Å². The number of nitrogens with zero attached hydrogens (tertiary/aromatic N) is 1. The summed E-state index contributed by atoms with van der Waals surface area (Å²) in [5.74, 6) is -0.356. The van der Waals surface area contributed by atoms with Crippen LogP contribution < -0.4 is 5.32 Å². The highest BCUT2D eigenvalue weighted by Crippen LogP contribution is 2.21. The van der Waals surface area contributed by atoms with Crippen LogP contribution in [0.25, 0.3) is 0 Å². The summed E-state index contributed by atoms with van der Waals surface area (Å²) in [7, 11) is 1.62. The number of allylic oxidation sites excluding steroid dienone is 1. The molecule has 0 heterocycles. The van der Waals surface area contributed by atoms with Crippen molar-refractivity contribution in [2.24, 2.45) is 0 Å². The van der Waals surface area contributed by atoms with Crippen molar-refractivity contribution in [1.29, 1.82) is 0 Å². The van der Waals surface area contributed by atoms with Gasteiger partial charge in [0.15, 0.2) is 0 Å². The number of carbonyl (C=O) groups excluding carboxylic acids is 2. The summed E-state index contributed by atoms with van der Waals surface area (Å²) >= 11 is 0. The zero-order valence-electron chi connectivity index (χ0n) is 13.7. The average Bonchev–Trinajstić information content (AvgIpc) is 2.32. The number of hydrogen-bond acceptors (Lipinski definition) is 2. The summed E-state index contributed by atoms with van der Waals surface area (Å²) in [6.07, 6.45) is 1.52. The second kappa shape index (κ2) is 7.07. The molecule has 1 aromatic rings. The van der Waals surface area contributed by atoms with Crippen molar-refractivity contribution >= 4 is 17.5 Å². The van der Waals surface area contributed by atoms with Gasteiger partial charge in [0.1, 0.15) is 0 Å². The van der Waals surface area contributed by atoms with Gasteiger partial charge in [-0.1, -0.05) is 23.3 Å². The molecule has 2 amide bonds. The maximum Gasteiger partial charge on any atom is 0.246 e. The van der Waals surface area contributed by atoms with Gasteiger partial charge < -0.3 is 10.2 Å². The van der Waals surface area contributed by atoms with Gasteiger partial charge in [-0.15, -0.1) is 0 Å². The molecule has 0 atom stereocenters. The van der Waals surface area contributed by atoms with Crippen LogP contribution in [0.1, 0.15) is 30.5 Å². The lowest BCUT2D eigenvalue weighted by molar-refractivity contribution is -0.129. The van der Waals surface area contributed by atoms with Crippen molar-refractivity contribution in [3.05, 3.63) is 40.5 Å². The Bertz CT molecular complexity index is 561. The van der Waals surface area contributed by atoms with Crippen LogP contribution in [0, 0.1) is 20.8 Å². The first kappa shape index (κ1) is 17.0. The van der Waals surface area contributed by atoms with Crippen LogP contribution in [0.3, 0.4) is 0 Å². The molecule has 0 unspecified atom stereocenters. The molecule has 0 spiro atoms. The predicted octanol–water partition coefficient (Wildman–Crippen LogP) is 2.97. The van der Waals surface area contributed by atoms with Crippen LogP contribution in [0.2, 0.25) is 0 Å². The van der Waals surface area contributed by atoms with Crippen molar-refractivity contribution in [3.8, 4) is 0 Å². The SMILES string of the molecule is CC(C)=CC(=O)N(C)CC(=O)Nc1c(C)cc(C)cc1C. The van der Waals surface area contributed by atoms with Crippen molar-refractivity contribution in [2.45, 2.75) is 34.6 Å². The number of hydrogen-bond donors (Lipinski definition) is 1. The van der Waals surface area contributed by atoms with Crippen LogP contribution in [0.4, 0.5) is 5.69 Å². The van der Waals surface area contributed by atoms with E-state index in [4.69, 9.17) is 0 Å². The Hall–Kier alpha value is -2.10. The summed E-state index contributed by atoms with van der Waals surface area (Å²) in [6, 6.07) is 4.06. The summed E-state index contributed by atoms with van der Waals surface area (Å²) in [5.41, 5.74) is 4.96. The van der Waals surface area contributed by atoms with E-state index in [1.807, 2.05) is 46.8 Å². The Labute approximate surface area is 126 Å². The van der Waals surface area contributed by atoms with Gasteiger partial charge in [-0.2, -0.15) is 0 Å². The Morgan fingerprint density at radius 2 is 1.67 bits per heavy atom. The smallest absolute Gasteiger partial charge is 0.246 e. The largest absolute Gasteiger partial charge is 0.333 e. The highest BCUT2D eigenvalue weighted by atomic mass is 16.2. The number of carbonyl (C=O) groups is 2. The number of anilines is 1. The Balaban J connectivity index is 2.75. The van der Waals surface area contributed by atoms with Gasteiger partial charge in [-0.25, -0.2) is 0 Å². The van der Waals surface area contributed by atoms with Crippen LogP contribution in [0.15, 0.2) is 23.8 Å². The maximum atomic E-state index is 12.1. The molecule has 0 aliphatic carbocycles. The van der Waals surface area contributed by atoms with E-state index >= 15 is 0 Å². The van der Waals surface area contributed by atoms with Crippen LogP contribution in [-0.4, -0.2) is 30.3 Å². The van der Waals surface area contributed by atoms with Gasteiger partial charge in [-0.3, -0.25) is 9.59 Å². The molecule has 1 aromatic carbocycles. The van der Waals surface area contributed by atoms with Gasteiger partial charge in [0, 0.05) is 18.8 Å². The molecule has 0 bridgehead atoms. The van der Waals surface area contributed by atoms with E-state index in [2.05, 4.69) is 5.32 Å². The molecule has 4 heteroatoms. The number of benzene rings is 1. The highest BCUT2D eigenvalue weighted by Gasteiger charge is 2.13. The van der Waals surface area contributed by atoms with Crippen LogP contribution in [-0.2, 0) is 9.59 Å². The standard InChI is InChI=1S/C17H24N2O2/c1-11(2)7-16(21)19(6)10-15(20)18-17-13(4)8-12(3)9-14(17)5/h7-9H,10H2,1-6H3,(H,18,20). The average molecular weight is 288 g/mol. The van der Waals surface area contributed by atoms with Gasteiger partial charge in [0.05, 0.1) is 6.54 Å². The minimum Gasteiger partial charge on any atom is -0.333 e. The second-order valence-corrected chi connectivity index (χ2v) is 5.74. The van der Waals surface area contributed by atoms with E-state index in [1.165, 1.54) is 16.5 Å². The second-order valence-electron chi connectivity index (χ2n) is 5.74. The number of nitrogens with one attached hydrogen (secondary N) is 1. The summed E-state index contributed by atoms with van der Waals surface area (Å²) in [6.45, 7) is 9.70. The van der Waals surface area contributed by atoms with Crippen molar-refractivity contribution < 1.29 is 9.59 Å². The van der Waals surface area contributed by atoms with E-state index in [0.717, 1.165) is 22.4 Å². The van der Waals surface area contributed by atoms with Crippen molar-refractivity contribution in [1.82, 2.24) is 4.90 Å². The lowest BCUT2D eigenvalue weighted by Gasteiger charge is -2.17. The number of likely N-dealkylation sites (N-methyl/N-ethyl adjacent to an activating group) is 1. The summed E-state index contributed by atoms with van der Waals surface area (Å²) < 4.78 is 0. The fourth-order valence-electron chi connectivity index (χ4n) is 2.21. The molecule has 4 nitrogen and oxygen atoms in total. The molecular formula is C17H24N2O2.